The summed E-state index contributed by atoms with van der Waals surface area (Å²) in [6.45, 7) is 1.90. The van der Waals surface area contributed by atoms with Crippen molar-refractivity contribution in [2.24, 2.45) is 0 Å². The molecule has 6 rings (SSSR count). The maximum atomic E-state index is 13.4. The SMILES string of the molecule is Cc1cc2sc(N3C(=O)C(=O)/C(=C(/O)c4ccc5c(c4)CCCC5)C3c3ccccn3)nc2cc1Cl. The van der Waals surface area contributed by atoms with E-state index in [4.69, 9.17) is 11.6 Å². The van der Waals surface area contributed by atoms with Crippen molar-refractivity contribution in [3.63, 3.8) is 0 Å². The Morgan fingerprint density at radius 1 is 1.08 bits per heavy atom. The topological polar surface area (TPSA) is 83.4 Å². The highest BCUT2D eigenvalue weighted by Gasteiger charge is 2.48. The Morgan fingerprint density at radius 3 is 2.67 bits per heavy atom. The summed E-state index contributed by atoms with van der Waals surface area (Å²) in [5.41, 5.74) is 5.00. The lowest BCUT2D eigenvalue weighted by molar-refractivity contribution is -0.132. The van der Waals surface area contributed by atoms with Crippen LogP contribution in [0, 0.1) is 6.92 Å². The summed E-state index contributed by atoms with van der Waals surface area (Å²) in [4.78, 5) is 37.3. The standard InChI is InChI=1S/C28H22ClN3O3S/c1-15-12-22-21(14-19(15)29)31-28(36-22)32-24(20-8-4-5-11-30-20)23(26(34)27(32)35)25(33)18-10-9-16-6-2-3-7-17(16)13-18/h4-5,8-14,24,33H,2-3,6-7H2,1H3/b25-23+. The number of amides is 1. The third-order valence-corrected chi connectivity index (χ3v) is 8.32. The summed E-state index contributed by atoms with van der Waals surface area (Å²) in [7, 11) is 0. The number of Topliss-reactive ketones (excluding diaryl/α,β-unsaturated/α-hetero) is 1. The van der Waals surface area contributed by atoms with Crippen LogP contribution < -0.4 is 4.90 Å². The molecule has 0 radical (unpaired) electrons. The highest BCUT2D eigenvalue weighted by molar-refractivity contribution is 7.22. The fourth-order valence-corrected chi connectivity index (χ4v) is 6.25. The second kappa shape index (κ2) is 8.84. The molecule has 1 aliphatic carbocycles. The molecule has 36 heavy (non-hydrogen) atoms. The third-order valence-electron chi connectivity index (χ3n) is 6.90. The number of carbonyl (C=O) groups is 2. The Balaban J connectivity index is 1.53. The van der Waals surface area contributed by atoms with Crippen LogP contribution in [0.5, 0.6) is 0 Å². The van der Waals surface area contributed by atoms with Crippen molar-refractivity contribution in [2.45, 2.75) is 38.6 Å². The van der Waals surface area contributed by atoms with Crippen molar-refractivity contribution < 1.29 is 14.7 Å². The lowest BCUT2D eigenvalue weighted by Gasteiger charge is -2.22. The molecule has 2 aliphatic rings. The summed E-state index contributed by atoms with van der Waals surface area (Å²) in [5, 5.41) is 12.4. The van der Waals surface area contributed by atoms with Gasteiger partial charge in [-0.05, 0) is 79.6 Å². The number of aromatic nitrogens is 2. The second-order valence-electron chi connectivity index (χ2n) is 9.18. The van der Waals surface area contributed by atoms with Gasteiger partial charge in [0.2, 0.25) is 0 Å². The molecule has 1 fully saturated rings. The van der Waals surface area contributed by atoms with Crippen LogP contribution in [0.25, 0.3) is 16.0 Å². The van der Waals surface area contributed by atoms with Crippen molar-refractivity contribution in [3.05, 3.63) is 93.3 Å². The van der Waals surface area contributed by atoms with Crippen molar-refractivity contribution >= 4 is 55.7 Å². The van der Waals surface area contributed by atoms with E-state index >= 15 is 0 Å². The molecular formula is C28H22ClN3O3S. The zero-order chi connectivity index (χ0) is 25.0. The number of aliphatic hydroxyl groups is 1. The van der Waals surface area contributed by atoms with E-state index in [9.17, 15) is 14.7 Å². The molecule has 0 spiro atoms. The van der Waals surface area contributed by atoms with Gasteiger partial charge in [-0.1, -0.05) is 41.1 Å². The molecule has 3 heterocycles. The number of aryl methyl sites for hydroxylation is 3. The molecule has 1 N–H and O–H groups in total. The summed E-state index contributed by atoms with van der Waals surface area (Å²) in [5.74, 6) is -1.69. The molecule has 1 unspecified atom stereocenters. The van der Waals surface area contributed by atoms with Gasteiger partial charge in [0, 0.05) is 16.8 Å². The summed E-state index contributed by atoms with van der Waals surface area (Å²) >= 11 is 7.60. The van der Waals surface area contributed by atoms with Gasteiger partial charge in [-0.2, -0.15) is 0 Å². The lowest BCUT2D eigenvalue weighted by Crippen LogP contribution is -2.29. The first-order chi connectivity index (χ1) is 17.4. The Morgan fingerprint density at radius 2 is 1.89 bits per heavy atom. The molecule has 0 saturated carbocycles. The number of hydrogen-bond acceptors (Lipinski definition) is 6. The first-order valence-corrected chi connectivity index (χ1v) is 13.0. The molecule has 1 aliphatic heterocycles. The molecule has 2 aromatic heterocycles. The van der Waals surface area contributed by atoms with E-state index in [0.29, 0.717) is 26.9 Å². The van der Waals surface area contributed by atoms with Gasteiger partial charge >= 0.3 is 5.91 Å². The van der Waals surface area contributed by atoms with Crippen LogP contribution in [0.4, 0.5) is 5.13 Å². The van der Waals surface area contributed by atoms with E-state index < -0.39 is 17.7 Å². The van der Waals surface area contributed by atoms with Gasteiger partial charge < -0.3 is 5.11 Å². The molecule has 2 aromatic carbocycles. The zero-order valence-electron chi connectivity index (χ0n) is 19.5. The van der Waals surface area contributed by atoms with E-state index in [1.807, 2.05) is 31.2 Å². The summed E-state index contributed by atoms with van der Waals surface area (Å²) < 4.78 is 0.850. The highest BCUT2D eigenvalue weighted by atomic mass is 35.5. The Hall–Kier alpha value is -3.55. The van der Waals surface area contributed by atoms with Crippen LogP contribution >= 0.6 is 22.9 Å². The number of hydrogen-bond donors (Lipinski definition) is 1. The molecule has 8 heteroatoms. The predicted molar refractivity (Wildman–Crippen MR) is 141 cm³/mol. The number of halogens is 1. The maximum absolute atomic E-state index is 13.4. The summed E-state index contributed by atoms with van der Waals surface area (Å²) in [6, 6.07) is 13.8. The van der Waals surface area contributed by atoms with E-state index in [-0.39, 0.29) is 11.3 Å². The Kier molecular flexibility index (Phi) is 5.62. The van der Waals surface area contributed by atoms with Crippen molar-refractivity contribution in [3.8, 4) is 0 Å². The largest absolute Gasteiger partial charge is 0.507 e. The maximum Gasteiger partial charge on any atom is 0.301 e. The second-order valence-corrected chi connectivity index (χ2v) is 10.6. The number of fused-ring (bicyclic) bond motifs is 2. The molecule has 0 bridgehead atoms. The first-order valence-electron chi connectivity index (χ1n) is 11.8. The van der Waals surface area contributed by atoms with Crippen LogP contribution in [-0.2, 0) is 22.4 Å². The van der Waals surface area contributed by atoms with Crippen LogP contribution in [-0.4, -0.2) is 26.8 Å². The quantitative estimate of drug-likeness (QED) is 0.201. The van der Waals surface area contributed by atoms with Gasteiger partial charge in [-0.25, -0.2) is 4.98 Å². The minimum Gasteiger partial charge on any atom is -0.507 e. The molecule has 6 nitrogen and oxygen atoms in total. The van der Waals surface area contributed by atoms with Gasteiger partial charge in [-0.3, -0.25) is 19.5 Å². The van der Waals surface area contributed by atoms with E-state index in [1.54, 1.807) is 30.5 Å². The van der Waals surface area contributed by atoms with E-state index in [2.05, 4.69) is 9.97 Å². The van der Waals surface area contributed by atoms with Crippen LogP contribution in [0.3, 0.4) is 0 Å². The van der Waals surface area contributed by atoms with Gasteiger partial charge in [0.05, 0.1) is 21.5 Å². The summed E-state index contributed by atoms with van der Waals surface area (Å²) in [6.07, 6.45) is 5.79. The average molecular weight is 516 g/mol. The van der Waals surface area contributed by atoms with Gasteiger partial charge in [0.25, 0.3) is 5.78 Å². The Bertz CT molecular complexity index is 1540. The predicted octanol–water partition coefficient (Wildman–Crippen LogP) is 6.16. The van der Waals surface area contributed by atoms with Crippen molar-refractivity contribution in [1.82, 2.24) is 9.97 Å². The fourth-order valence-electron chi connectivity index (χ4n) is 5.02. The smallest absolute Gasteiger partial charge is 0.301 e. The number of carbonyl (C=O) groups excluding carboxylic acids is 2. The number of benzene rings is 2. The third kappa shape index (κ3) is 3.70. The molecule has 1 saturated heterocycles. The zero-order valence-corrected chi connectivity index (χ0v) is 21.1. The van der Waals surface area contributed by atoms with Crippen LogP contribution in [0.2, 0.25) is 5.02 Å². The molecule has 1 amide bonds. The number of aliphatic hydroxyl groups excluding tert-OH is 1. The number of thiazole rings is 1. The minimum absolute atomic E-state index is 0.0166. The lowest BCUT2D eigenvalue weighted by atomic mass is 9.89. The van der Waals surface area contributed by atoms with Crippen molar-refractivity contribution in [1.29, 1.82) is 0 Å². The van der Waals surface area contributed by atoms with Gasteiger partial charge in [0.15, 0.2) is 5.13 Å². The normalized spacial score (nSPS) is 19.2. The number of pyridine rings is 1. The molecule has 4 aromatic rings. The van der Waals surface area contributed by atoms with Crippen molar-refractivity contribution in [2.75, 3.05) is 4.90 Å². The van der Waals surface area contributed by atoms with Gasteiger partial charge in [-0.15, -0.1) is 0 Å². The molecule has 1 atom stereocenters. The Labute approximate surface area is 216 Å². The average Bonchev–Trinajstić information content (AvgIpc) is 3.41. The molecule has 180 valence electrons. The van der Waals surface area contributed by atoms with Gasteiger partial charge in [0.1, 0.15) is 11.8 Å². The van der Waals surface area contributed by atoms with E-state index in [0.717, 1.165) is 35.9 Å². The number of anilines is 1. The van der Waals surface area contributed by atoms with E-state index in [1.165, 1.54) is 27.4 Å². The number of ketones is 1. The minimum atomic E-state index is -0.903. The first kappa shape index (κ1) is 22.9. The van der Waals surface area contributed by atoms with Crippen LogP contribution in [0.1, 0.15) is 46.8 Å². The molecular weight excluding hydrogens is 494 g/mol. The monoisotopic (exact) mass is 515 g/mol. The number of rotatable bonds is 3. The number of nitrogens with zero attached hydrogens (tertiary/aromatic N) is 3. The van der Waals surface area contributed by atoms with Crippen LogP contribution in [0.15, 0.2) is 60.3 Å². The fraction of sp³-hybridized carbons (Fsp3) is 0.214. The highest BCUT2D eigenvalue weighted by Crippen LogP contribution is 2.44.